The van der Waals surface area contributed by atoms with Crippen LogP contribution in [0, 0.1) is 6.92 Å². The number of anilines is 2. The van der Waals surface area contributed by atoms with E-state index >= 15 is 0 Å². The number of Topliss-reactive ketones (excluding diaryl/α,β-unsaturated/α-hetero) is 1. The maximum atomic E-state index is 12.5. The SMILES string of the molecule is Cc1ccccc1NC(=O)Nc1ccc(CN2C(=O)NC(=O)C23CCC(=O)CC3)cc1. The number of aryl methyl sites for hydroxylation is 1. The molecular formula is C23H24N4O4. The first-order valence-corrected chi connectivity index (χ1v) is 10.2. The van der Waals surface area contributed by atoms with Crippen molar-refractivity contribution in [2.75, 3.05) is 10.6 Å². The molecular weight excluding hydrogens is 396 g/mol. The van der Waals surface area contributed by atoms with Gasteiger partial charge in [0.05, 0.1) is 0 Å². The van der Waals surface area contributed by atoms with Crippen LogP contribution in [0.1, 0.15) is 36.8 Å². The number of hydrogen-bond acceptors (Lipinski definition) is 4. The van der Waals surface area contributed by atoms with E-state index in [4.69, 9.17) is 0 Å². The number of rotatable bonds is 4. The van der Waals surface area contributed by atoms with Gasteiger partial charge in [-0.05, 0) is 49.1 Å². The van der Waals surface area contributed by atoms with Crippen LogP contribution in [-0.2, 0) is 16.1 Å². The van der Waals surface area contributed by atoms with Crippen LogP contribution in [0.2, 0.25) is 0 Å². The summed E-state index contributed by atoms with van der Waals surface area (Å²) < 4.78 is 0. The normalized spacial score (nSPS) is 17.6. The highest BCUT2D eigenvalue weighted by Crippen LogP contribution is 2.37. The lowest BCUT2D eigenvalue weighted by Gasteiger charge is -2.37. The molecule has 160 valence electrons. The van der Waals surface area contributed by atoms with Crippen LogP contribution in [0.15, 0.2) is 48.5 Å². The standard InChI is InChI=1S/C23H24N4O4/c1-15-4-2-3-5-19(15)25-21(30)24-17-8-6-16(7-9-17)14-27-22(31)26-20(29)23(27)12-10-18(28)11-13-23/h2-9H,10-14H2,1H3,(H2,24,25,30)(H,26,29,31). The second-order valence-corrected chi connectivity index (χ2v) is 8.01. The summed E-state index contributed by atoms with van der Waals surface area (Å²) in [5, 5.41) is 7.99. The highest BCUT2D eigenvalue weighted by atomic mass is 16.2. The molecule has 1 aliphatic carbocycles. The number of carbonyl (C=O) groups is 4. The van der Waals surface area contributed by atoms with Crippen molar-refractivity contribution in [2.24, 2.45) is 0 Å². The Morgan fingerprint density at radius 3 is 2.35 bits per heavy atom. The lowest BCUT2D eigenvalue weighted by Crippen LogP contribution is -2.51. The lowest BCUT2D eigenvalue weighted by atomic mass is 9.80. The Morgan fingerprint density at radius 2 is 1.68 bits per heavy atom. The molecule has 2 aromatic carbocycles. The predicted octanol–water partition coefficient (Wildman–Crippen LogP) is 3.57. The smallest absolute Gasteiger partial charge is 0.308 e. The number of ketones is 1. The van der Waals surface area contributed by atoms with Gasteiger partial charge < -0.3 is 15.5 Å². The van der Waals surface area contributed by atoms with Gasteiger partial charge in [-0.15, -0.1) is 0 Å². The molecule has 3 N–H and O–H groups in total. The molecule has 5 amide bonds. The molecule has 1 saturated carbocycles. The summed E-state index contributed by atoms with van der Waals surface area (Å²) >= 11 is 0. The van der Waals surface area contributed by atoms with Crippen LogP contribution in [-0.4, -0.2) is 34.2 Å². The monoisotopic (exact) mass is 420 g/mol. The highest BCUT2D eigenvalue weighted by Gasteiger charge is 2.53. The number of nitrogens with one attached hydrogen (secondary N) is 3. The molecule has 0 unspecified atom stereocenters. The van der Waals surface area contributed by atoms with Gasteiger partial charge in [0.1, 0.15) is 11.3 Å². The Balaban J connectivity index is 1.41. The van der Waals surface area contributed by atoms with E-state index in [1.54, 1.807) is 24.3 Å². The summed E-state index contributed by atoms with van der Waals surface area (Å²) in [6.07, 6.45) is 1.30. The Labute approximate surface area is 180 Å². The van der Waals surface area contributed by atoms with E-state index in [-0.39, 0.29) is 24.3 Å². The third kappa shape index (κ3) is 4.14. The van der Waals surface area contributed by atoms with E-state index in [2.05, 4.69) is 16.0 Å². The summed E-state index contributed by atoms with van der Waals surface area (Å²) in [6, 6.07) is 13.8. The second kappa shape index (κ2) is 8.22. The van der Waals surface area contributed by atoms with Crippen molar-refractivity contribution in [3.8, 4) is 0 Å². The zero-order valence-corrected chi connectivity index (χ0v) is 17.2. The Hall–Kier alpha value is -3.68. The quantitative estimate of drug-likeness (QED) is 0.657. The van der Waals surface area contributed by atoms with Gasteiger partial charge in [-0.2, -0.15) is 0 Å². The van der Waals surface area contributed by atoms with Gasteiger partial charge in [-0.1, -0.05) is 30.3 Å². The number of para-hydroxylation sites is 1. The minimum atomic E-state index is -0.949. The van der Waals surface area contributed by atoms with Crippen molar-refractivity contribution < 1.29 is 19.2 Å². The van der Waals surface area contributed by atoms with Crippen LogP contribution in [0.25, 0.3) is 0 Å². The number of amides is 5. The second-order valence-electron chi connectivity index (χ2n) is 8.01. The predicted molar refractivity (Wildman–Crippen MR) is 116 cm³/mol. The average molecular weight is 420 g/mol. The molecule has 0 aromatic heterocycles. The van der Waals surface area contributed by atoms with Gasteiger partial charge in [-0.25, -0.2) is 9.59 Å². The van der Waals surface area contributed by atoms with E-state index in [1.165, 1.54) is 4.90 Å². The summed E-state index contributed by atoms with van der Waals surface area (Å²) in [6.45, 7) is 2.17. The topological polar surface area (TPSA) is 108 Å². The number of imide groups is 1. The first kappa shape index (κ1) is 20.6. The van der Waals surface area contributed by atoms with Crippen LogP contribution in [0.3, 0.4) is 0 Å². The fraction of sp³-hybridized carbons (Fsp3) is 0.304. The van der Waals surface area contributed by atoms with Crippen molar-refractivity contribution >= 4 is 35.1 Å². The molecule has 2 fully saturated rings. The molecule has 8 heteroatoms. The van der Waals surface area contributed by atoms with E-state index in [0.717, 1.165) is 16.8 Å². The van der Waals surface area contributed by atoms with Crippen LogP contribution < -0.4 is 16.0 Å². The van der Waals surface area contributed by atoms with Gasteiger partial charge in [0.25, 0.3) is 5.91 Å². The highest BCUT2D eigenvalue weighted by molar-refractivity contribution is 6.07. The molecule has 0 atom stereocenters. The molecule has 1 heterocycles. The van der Waals surface area contributed by atoms with Crippen molar-refractivity contribution in [3.63, 3.8) is 0 Å². The molecule has 0 bridgehead atoms. The molecule has 0 radical (unpaired) electrons. The van der Waals surface area contributed by atoms with E-state index in [0.29, 0.717) is 31.4 Å². The van der Waals surface area contributed by atoms with E-state index in [1.807, 2.05) is 31.2 Å². The zero-order chi connectivity index (χ0) is 22.0. The summed E-state index contributed by atoms with van der Waals surface area (Å²) in [5.74, 6) is -0.201. The van der Waals surface area contributed by atoms with Crippen molar-refractivity contribution in [1.29, 1.82) is 0 Å². The molecule has 4 rings (SSSR count). The van der Waals surface area contributed by atoms with Gasteiger partial charge in [0.2, 0.25) is 0 Å². The minimum Gasteiger partial charge on any atom is -0.308 e. The van der Waals surface area contributed by atoms with Crippen LogP contribution in [0.5, 0.6) is 0 Å². The molecule has 1 aliphatic heterocycles. The lowest BCUT2D eigenvalue weighted by molar-refractivity contribution is -0.131. The minimum absolute atomic E-state index is 0.122. The van der Waals surface area contributed by atoms with E-state index in [9.17, 15) is 19.2 Å². The van der Waals surface area contributed by atoms with Crippen LogP contribution in [0.4, 0.5) is 21.0 Å². The van der Waals surface area contributed by atoms with Gasteiger partial charge in [0.15, 0.2) is 0 Å². The van der Waals surface area contributed by atoms with Gasteiger partial charge in [-0.3, -0.25) is 14.9 Å². The maximum absolute atomic E-state index is 12.5. The summed E-state index contributed by atoms with van der Waals surface area (Å²) in [4.78, 5) is 50.3. The van der Waals surface area contributed by atoms with Crippen molar-refractivity contribution in [2.45, 2.75) is 44.7 Å². The molecule has 31 heavy (non-hydrogen) atoms. The van der Waals surface area contributed by atoms with Crippen molar-refractivity contribution in [1.82, 2.24) is 10.2 Å². The Kier molecular flexibility index (Phi) is 5.46. The third-order valence-electron chi connectivity index (χ3n) is 5.99. The maximum Gasteiger partial charge on any atom is 0.325 e. The molecule has 8 nitrogen and oxygen atoms in total. The molecule has 1 saturated heterocycles. The van der Waals surface area contributed by atoms with Crippen LogP contribution >= 0.6 is 0 Å². The Morgan fingerprint density at radius 1 is 1.00 bits per heavy atom. The van der Waals surface area contributed by atoms with Gasteiger partial charge >= 0.3 is 12.1 Å². The fourth-order valence-corrected chi connectivity index (χ4v) is 4.13. The van der Waals surface area contributed by atoms with E-state index < -0.39 is 11.6 Å². The molecule has 1 spiro atoms. The molecule has 2 aromatic rings. The average Bonchev–Trinajstić information content (AvgIpc) is 2.97. The number of nitrogens with zero attached hydrogens (tertiary/aromatic N) is 1. The number of benzene rings is 2. The molecule has 2 aliphatic rings. The van der Waals surface area contributed by atoms with Crippen molar-refractivity contribution in [3.05, 3.63) is 59.7 Å². The Bertz CT molecular complexity index is 1040. The van der Waals surface area contributed by atoms with Gasteiger partial charge in [0, 0.05) is 30.8 Å². The number of carbonyl (C=O) groups excluding carboxylic acids is 4. The summed E-state index contributed by atoms with van der Waals surface area (Å²) in [7, 11) is 0. The fourth-order valence-electron chi connectivity index (χ4n) is 4.13. The first-order valence-electron chi connectivity index (χ1n) is 10.2. The largest absolute Gasteiger partial charge is 0.325 e. The number of hydrogen-bond donors (Lipinski definition) is 3. The zero-order valence-electron chi connectivity index (χ0n) is 17.2. The third-order valence-corrected chi connectivity index (χ3v) is 5.99. The summed E-state index contributed by atoms with van der Waals surface area (Å²) in [5.41, 5.74) is 2.18. The number of urea groups is 2. The first-order chi connectivity index (χ1) is 14.9.